The van der Waals surface area contributed by atoms with Crippen LogP contribution in [0, 0.1) is 0 Å². The second-order valence-corrected chi connectivity index (χ2v) is 5.85. The van der Waals surface area contributed by atoms with Gasteiger partial charge in [-0.2, -0.15) is 0 Å². The van der Waals surface area contributed by atoms with Crippen LogP contribution in [0.1, 0.15) is 18.7 Å². The van der Waals surface area contributed by atoms with Crippen LogP contribution in [0.15, 0.2) is 12.1 Å². The molecule has 1 rings (SSSR count). The van der Waals surface area contributed by atoms with Crippen LogP contribution in [0.5, 0.6) is 0 Å². The van der Waals surface area contributed by atoms with Crippen LogP contribution < -0.4 is 5.32 Å². The molecule has 2 nitrogen and oxygen atoms in total. The van der Waals surface area contributed by atoms with E-state index >= 15 is 0 Å². The van der Waals surface area contributed by atoms with Crippen molar-refractivity contribution in [1.29, 1.82) is 0 Å². The lowest BCUT2D eigenvalue weighted by Gasteiger charge is -2.22. The smallest absolute Gasteiger partial charge is 0.169 e. The van der Waals surface area contributed by atoms with Gasteiger partial charge in [-0.15, -0.1) is 11.3 Å². The summed E-state index contributed by atoms with van der Waals surface area (Å²) in [6, 6.07) is 4.31. The quantitative estimate of drug-likeness (QED) is 0.843. The molecule has 0 atom stereocenters. The van der Waals surface area contributed by atoms with Gasteiger partial charge in [-0.1, -0.05) is 11.6 Å². The van der Waals surface area contributed by atoms with E-state index in [1.54, 1.807) is 11.3 Å². The summed E-state index contributed by atoms with van der Waals surface area (Å²) in [7, 11) is 1.98. The molecule has 0 aliphatic heterocycles. The number of hydrogen-bond donors (Lipinski definition) is 1. The van der Waals surface area contributed by atoms with Crippen molar-refractivity contribution < 1.29 is 0 Å². The molecule has 0 spiro atoms. The summed E-state index contributed by atoms with van der Waals surface area (Å²) in [4.78, 5) is 3.23. The van der Waals surface area contributed by atoms with Crippen LogP contribution in [0.2, 0.25) is 4.34 Å². The lowest BCUT2D eigenvalue weighted by Crippen LogP contribution is -2.39. The highest BCUT2D eigenvalue weighted by molar-refractivity contribution is 7.80. The Bertz CT molecular complexity index is 336. The molecule has 0 aromatic carbocycles. The molecular weight excluding hydrogens is 248 g/mol. The summed E-state index contributed by atoms with van der Waals surface area (Å²) in [5, 5.41) is 3.97. The third-order valence-electron chi connectivity index (χ3n) is 1.78. The Morgan fingerprint density at radius 2 is 2.27 bits per heavy atom. The summed E-state index contributed by atoms with van der Waals surface area (Å²) in [5.41, 5.74) is 0. The van der Waals surface area contributed by atoms with Crippen LogP contribution in [-0.2, 0) is 6.54 Å². The summed E-state index contributed by atoms with van der Waals surface area (Å²) in [6.07, 6.45) is 0. The molecule has 5 heteroatoms. The van der Waals surface area contributed by atoms with E-state index in [2.05, 4.69) is 19.2 Å². The van der Waals surface area contributed by atoms with E-state index in [0.717, 1.165) is 16.0 Å². The van der Waals surface area contributed by atoms with E-state index in [0.29, 0.717) is 6.04 Å². The van der Waals surface area contributed by atoms with Crippen molar-refractivity contribution in [3.8, 4) is 0 Å². The molecule has 1 N–H and O–H groups in total. The molecular formula is C10H15ClN2S2. The lowest BCUT2D eigenvalue weighted by molar-refractivity contribution is 0.485. The van der Waals surface area contributed by atoms with Gasteiger partial charge < -0.3 is 10.2 Å². The van der Waals surface area contributed by atoms with E-state index in [9.17, 15) is 0 Å². The number of rotatable bonds is 3. The van der Waals surface area contributed by atoms with Crippen LogP contribution in [0.25, 0.3) is 0 Å². The van der Waals surface area contributed by atoms with Crippen molar-refractivity contribution in [3.05, 3.63) is 21.3 Å². The topological polar surface area (TPSA) is 15.3 Å². The average Bonchev–Trinajstić information content (AvgIpc) is 2.50. The Morgan fingerprint density at radius 1 is 1.60 bits per heavy atom. The SMILES string of the molecule is CC(C)NC(=S)N(C)Cc1ccc(Cl)s1. The first kappa shape index (κ1) is 12.7. The van der Waals surface area contributed by atoms with Gasteiger partial charge in [-0.3, -0.25) is 0 Å². The molecule has 0 amide bonds. The van der Waals surface area contributed by atoms with Gasteiger partial charge in [0.2, 0.25) is 0 Å². The van der Waals surface area contributed by atoms with Gasteiger partial charge in [0.1, 0.15) is 0 Å². The summed E-state index contributed by atoms with van der Waals surface area (Å²) >= 11 is 12.7. The van der Waals surface area contributed by atoms with Crippen LogP contribution in [-0.4, -0.2) is 23.1 Å². The Hall–Kier alpha value is -0.320. The number of nitrogens with one attached hydrogen (secondary N) is 1. The average molecular weight is 263 g/mol. The molecule has 0 saturated carbocycles. The minimum absolute atomic E-state index is 0.367. The van der Waals surface area contributed by atoms with Gasteiger partial charge >= 0.3 is 0 Å². The van der Waals surface area contributed by atoms with Crippen molar-refractivity contribution in [2.45, 2.75) is 26.4 Å². The van der Waals surface area contributed by atoms with Gasteiger partial charge in [0.05, 0.1) is 10.9 Å². The summed E-state index contributed by atoms with van der Waals surface area (Å²) < 4.78 is 0.820. The maximum atomic E-state index is 5.86. The zero-order valence-electron chi connectivity index (χ0n) is 9.08. The van der Waals surface area contributed by atoms with E-state index in [1.807, 2.05) is 24.1 Å². The second kappa shape index (κ2) is 5.68. The zero-order chi connectivity index (χ0) is 11.4. The number of halogens is 1. The third kappa shape index (κ3) is 4.36. The first-order valence-corrected chi connectivity index (χ1v) is 6.35. The van der Waals surface area contributed by atoms with Crippen LogP contribution >= 0.6 is 35.2 Å². The van der Waals surface area contributed by atoms with Gasteiger partial charge in [0, 0.05) is 18.0 Å². The molecule has 0 radical (unpaired) electrons. The standard InChI is InChI=1S/C10H15ClN2S2/c1-7(2)12-10(14)13(3)6-8-4-5-9(11)15-8/h4-5,7H,6H2,1-3H3,(H,12,14). The predicted molar refractivity (Wildman–Crippen MR) is 71.7 cm³/mol. The van der Waals surface area contributed by atoms with E-state index in [-0.39, 0.29) is 0 Å². The molecule has 0 bridgehead atoms. The largest absolute Gasteiger partial charge is 0.360 e. The molecule has 1 heterocycles. The second-order valence-electron chi connectivity index (χ2n) is 3.67. The van der Waals surface area contributed by atoms with Gasteiger partial charge in [0.15, 0.2) is 5.11 Å². The number of thiophene rings is 1. The Kier molecular flexibility index (Phi) is 4.83. The first-order chi connectivity index (χ1) is 6.99. The van der Waals surface area contributed by atoms with Crippen LogP contribution in [0.4, 0.5) is 0 Å². The fourth-order valence-electron chi connectivity index (χ4n) is 1.10. The van der Waals surface area contributed by atoms with Crippen molar-refractivity contribution in [2.75, 3.05) is 7.05 Å². The fourth-order valence-corrected chi connectivity index (χ4v) is 2.54. The van der Waals surface area contributed by atoms with Crippen LogP contribution in [0.3, 0.4) is 0 Å². The number of nitrogens with zero attached hydrogens (tertiary/aromatic N) is 1. The third-order valence-corrected chi connectivity index (χ3v) is 3.43. The Morgan fingerprint density at radius 3 is 2.73 bits per heavy atom. The van der Waals surface area contributed by atoms with Gasteiger partial charge in [0.25, 0.3) is 0 Å². The molecule has 1 aromatic heterocycles. The highest BCUT2D eigenvalue weighted by Gasteiger charge is 2.07. The molecule has 15 heavy (non-hydrogen) atoms. The van der Waals surface area contributed by atoms with Crippen molar-refractivity contribution in [3.63, 3.8) is 0 Å². The normalized spacial score (nSPS) is 10.5. The molecule has 0 saturated heterocycles. The molecule has 0 aliphatic carbocycles. The summed E-state index contributed by atoms with van der Waals surface area (Å²) in [5.74, 6) is 0. The molecule has 0 fully saturated rings. The highest BCUT2D eigenvalue weighted by Crippen LogP contribution is 2.22. The van der Waals surface area contributed by atoms with E-state index < -0.39 is 0 Å². The van der Waals surface area contributed by atoms with E-state index in [1.165, 1.54) is 4.88 Å². The maximum absolute atomic E-state index is 5.86. The minimum atomic E-state index is 0.367. The first-order valence-electron chi connectivity index (χ1n) is 4.75. The molecule has 84 valence electrons. The molecule has 1 aromatic rings. The lowest BCUT2D eigenvalue weighted by atomic mass is 10.4. The highest BCUT2D eigenvalue weighted by atomic mass is 35.5. The maximum Gasteiger partial charge on any atom is 0.169 e. The Labute approximate surface area is 105 Å². The zero-order valence-corrected chi connectivity index (χ0v) is 11.5. The van der Waals surface area contributed by atoms with Gasteiger partial charge in [-0.05, 0) is 38.2 Å². The molecule has 0 unspecified atom stereocenters. The molecule has 0 aliphatic rings. The Balaban J connectivity index is 2.48. The number of thiocarbonyl (C=S) groups is 1. The predicted octanol–water partition coefficient (Wildman–Crippen LogP) is 3.12. The fraction of sp³-hybridized carbons (Fsp3) is 0.500. The van der Waals surface area contributed by atoms with Crippen molar-refractivity contribution >= 4 is 40.3 Å². The monoisotopic (exact) mass is 262 g/mol. The number of hydrogen-bond acceptors (Lipinski definition) is 2. The van der Waals surface area contributed by atoms with Crippen molar-refractivity contribution in [2.24, 2.45) is 0 Å². The summed E-state index contributed by atoms with van der Waals surface area (Å²) in [6.45, 7) is 4.94. The van der Waals surface area contributed by atoms with E-state index in [4.69, 9.17) is 23.8 Å². The van der Waals surface area contributed by atoms with Gasteiger partial charge in [-0.25, -0.2) is 0 Å². The minimum Gasteiger partial charge on any atom is -0.360 e. The van der Waals surface area contributed by atoms with Crippen molar-refractivity contribution in [1.82, 2.24) is 10.2 Å².